The number of aryl methyl sites for hydroxylation is 1. The van der Waals surface area contributed by atoms with Crippen molar-refractivity contribution < 1.29 is 33.4 Å². The molecule has 1 N–H and O–H groups in total. The van der Waals surface area contributed by atoms with Gasteiger partial charge in [-0.1, -0.05) is 17.7 Å². The number of halogens is 1. The van der Waals surface area contributed by atoms with Gasteiger partial charge < -0.3 is 19.5 Å². The molecular weight excluding hydrogens is 575 g/mol. The van der Waals surface area contributed by atoms with E-state index in [0.29, 0.717) is 26.3 Å². The van der Waals surface area contributed by atoms with Crippen LogP contribution in [0.15, 0.2) is 41.3 Å². The smallest absolute Gasteiger partial charge is 0.343 e. The molecule has 3 rings (SSSR count). The number of carbonyl (C=O) groups excluding carboxylic acids is 4. The lowest BCUT2D eigenvalue weighted by Crippen LogP contribution is -2.36. The minimum absolute atomic E-state index is 0.175. The summed E-state index contributed by atoms with van der Waals surface area (Å²) in [6.07, 6.45) is 1.54. The third kappa shape index (κ3) is 6.29. The summed E-state index contributed by atoms with van der Waals surface area (Å²) in [6, 6.07) is 10.5. The second-order valence-electron chi connectivity index (χ2n) is 7.08. The molecule has 11 heteroatoms. The standard InChI is InChI=1S/C23H21IN2O7S/c1-13-4-6-15(7-5-13)25-19(27)11-26-22(29)18(34-23(26)30)10-14-8-16(24)21(17(9-14)31-2)33-12-20(28)32-3/h4-10H,11-12H2,1-3H3,(H,25,27)/b18-10-. The molecule has 0 bridgehead atoms. The van der Waals surface area contributed by atoms with Crippen LogP contribution in [0.4, 0.5) is 10.5 Å². The molecule has 9 nitrogen and oxygen atoms in total. The number of benzene rings is 2. The summed E-state index contributed by atoms with van der Waals surface area (Å²) in [7, 11) is 2.71. The Labute approximate surface area is 213 Å². The number of nitrogens with zero attached hydrogens (tertiary/aromatic N) is 1. The highest BCUT2D eigenvalue weighted by Crippen LogP contribution is 2.37. The van der Waals surface area contributed by atoms with Gasteiger partial charge in [-0.3, -0.25) is 19.3 Å². The van der Waals surface area contributed by atoms with Gasteiger partial charge in [0, 0.05) is 5.69 Å². The van der Waals surface area contributed by atoms with Crippen molar-refractivity contribution in [1.29, 1.82) is 0 Å². The first-order chi connectivity index (χ1) is 16.2. The lowest BCUT2D eigenvalue weighted by molar-refractivity contribution is -0.143. The van der Waals surface area contributed by atoms with E-state index in [0.717, 1.165) is 22.2 Å². The number of carbonyl (C=O) groups is 4. The van der Waals surface area contributed by atoms with E-state index in [1.54, 1.807) is 24.3 Å². The van der Waals surface area contributed by atoms with Crippen LogP contribution in [-0.2, 0) is 19.1 Å². The molecule has 0 aliphatic carbocycles. The fraction of sp³-hybridized carbons (Fsp3) is 0.217. The fourth-order valence-corrected chi connectivity index (χ4v) is 4.54. The zero-order valence-electron chi connectivity index (χ0n) is 18.5. The first kappa shape index (κ1) is 25.6. The SMILES string of the molecule is COC(=O)COc1c(I)cc(/C=C2\SC(=O)N(CC(=O)Nc3ccc(C)cc3)C2=O)cc1OC. The van der Waals surface area contributed by atoms with Gasteiger partial charge in [-0.15, -0.1) is 0 Å². The molecule has 0 radical (unpaired) electrons. The number of esters is 1. The van der Waals surface area contributed by atoms with Crippen molar-refractivity contribution in [2.75, 3.05) is 32.7 Å². The summed E-state index contributed by atoms with van der Waals surface area (Å²) >= 11 is 2.76. The van der Waals surface area contributed by atoms with Gasteiger partial charge in [-0.25, -0.2) is 4.79 Å². The lowest BCUT2D eigenvalue weighted by Gasteiger charge is -2.13. The maximum Gasteiger partial charge on any atom is 0.343 e. The number of methoxy groups -OCH3 is 2. The van der Waals surface area contributed by atoms with Gasteiger partial charge in [-0.2, -0.15) is 0 Å². The van der Waals surface area contributed by atoms with E-state index >= 15 is 0 Å². The molecular formula is C23H21IN2O7S. The highest BCUT2D eigenvalue weighted by molar-refractivity contribution is 14.1. The molecule has 3 amide bonds. The number of hydrogen-bond donors (Lipinski definition) is 1. The molecule has 0 unspecified atom stereocenters. The van der Waals surface area contributed by atoms with Crippen LogP contribution in [0.25, 0.3) is 6.08 Å². The number of hydrogen-bond acceptors (Lipinski definition) is 8. The van der Waals surface area contributed by atoms with Gasteiger partial charge in [0.1, 0.15) is 6.54 Å². The summed E-state index contributed by atoms with van der Waals surface area (Å²) in [6.45, 7) is 1.25. The van der Waals surface area contributed by atoms with E-state index in [1.165, 1.54) is 20.3 Å². The van der Waals surface area contributed by atoms with E-state index in [9.17, 15) is 19.2 Å². The van der Waals surface area contributed by atoms with Gasteiger partial charge in [0.05, 0.1) is 22.7 Å². The average molecular weight is 596 g/mol. The number of nitrogens with one attached hydrogen (secondary N) is 1. The van der Waals surface area contributed by atoms with Crippen molar-refractivity contribution >= 4 is 69.1 Å². The molecule has 1 aliphatic rings. The molecule has 1 fully saturated rings. The number of anilines is 1. The Balaban J connectivity index is 1.73. The quantitative estimate of drug-likeness (QED) is 0.278. The van der Waals surface area contributed by atoms with E-state index < -0.39 is 29.6 Å². The number of ether oxygens (including phenoxy) is 3. The van der Waals surface area contributed by atoms with E-state index in [1.807, 2.05) is 41.6 Å². The second kappa shape index (κ2) is 11.4. The van der Waals surface area contributed by atoms with E-state index in [2.05, 4.69) is 10.1 Å². The third-order valence-corrected chi connectivity index (χ3v) is 6.33. The summed E-state index contributed by atoms with van der Waals surface area (Å²) in [5, 5.41) is 2.14. The van der Waals surface area contributed by atoms with Crippen LogP contribution < -0.4 is 14.8 Å². The molecule has 0 saturated carbocycles. The Bertz CT molecular complexity index is 1160. The number of thioether (sulfide) groups is 1. The maximum atomic E-state index is 12.8. The van der Waals surface area contributed by atoms with Gasteiger partial charge in [-0.05, 0) is 77.2 Å². The second-order valence-corrected chi connectivity index (χ2v) is 9.24. The van der Waals surface area contributed by atoms with Crippen molar-refractivity contribution in [2.24, 2.45) is 0 Å². The normalized spacial score (nSPS) is 14.4. The monoisotopic (exact) mass is 596 g/mol. The summed E-state index contributed by atoms with van der Waals surface area (Å²) in [4.78, 5) is 50.0. The zero-order valence-corrected chi connectivity index (χ0v) is 21.5. The molecule has 1 saturated heterocycles. The Hall–Kier alpha value is -3.06. The molecule has 2 aromatic rings. The van der Waals surface area contributed by atoms with E-state index in [-0.39, 0.29) is 11.5 Å². The van der Waals surface area contributed by atoms with Crippen LogP contribution in [0.2, 0.25) is 0 Å². The third-order valence-electron chi connectivity index (χ3n) is 4.62. The number of rotatable bonds is 8. The minimum Gasteiger partial charge on any atom is -0.493 e. The highest BCUT2D eigenvalue weighted by atomic mass is 127. The average Bonchev–Trinajstić information content (AvgIpc) is 3.06. The van der Waals surface area contributed by atoms with Crippen LogP contribution in [-0.4, -0.2) is 55.3 Å². The van der Waals surface area contributed by atoms with Crippen molar-refractivity contribution in [1.82, 2.24) is 4.90 Å². The molecule has 0 spiro atoms. The summed E-state index contributed by atoms with van der Waals surface area (Å²) in [5.41, 5.74) is 2.21. The van der Waals surface area contributed by atoms with Crippen LogP contribution in [0.1, 0.15) is 11.1 Å². The van der Waals surface area contributed by atoms with Crippen LogP contribution in [0.5, 0.6) is 11.5 Å². The minimum atomic E-state index is -0.561. The Morgan fingerprint density at radius 1 is 1.15 bits per heavy atom. The Morgan fingerprint density at radius 2 is 1.85 bits per heavy atom. The largest absolute Gasteiger partial charge is 0.493 e. The van der Waals surface area contributed by atoms with Gasteiger partial charge in [0.15, 0.2) is 18.1 Å². The molecule has 1 heterocycles. The van der Waals surface area contributed by atoms with Gasteiger partial charge in [0.2, 0.25) is 5.91 Å². The van der Waals surface area contributed by atoms with Crippen LogP contribution in [0.3, 0.4) is 0 Å². The summed E-state index contributed by atoms with van der Waals surface area (Å²) in [5.74, 6) is -0.878. The highest BCUT2D eigenvalue weighted by Gasteiger charge is 2.36. The molecule has 2 aromatic carbocycles. The predicted molar refractivity (Wildman–Crippen MR) is 136 cm³/mol. The van der Waals surface area contributed by atoms with E-state index in [4.69, 9.17) is 9.47 Å². The summed E-state index contributed by atoms with van der Waals surface area (Å²) < 4.78 is 16.0. The van der Waals surface area contributed by atoms with Gasteiger partial charge in [0.25, 0.3) is 11.1 Å². The number of amides is 3. The van der Waals surface area contributed by atoms with Crippen molar-refractivity contribution in [3.63, 3.8) is 0 Å². The predicted octanol–water partition coefficient (Wildman–Crippen LogP) is 3.84. The topological polar surface area (TPSA) is 111 Å². The van der Waals surface area contributed by atoms with Crippen LogP contribution >= 0.6 is 34.4 Å². The van der Waals surface area contributed by atoms with Crippen molar-refractivity contribution in [3.05, 3.63) is 56.0 Å². The van der Waals surface area contributed by atoms with Crippen LogP contribution in [0, 0.1) is 10.5 Å². The molecule has 0 aromatic heterocycles. The number of imide groups is 1. The first-order valence-corrected chi connectivity index (χ1v) is 11.8. The Morgan fingerprint density at radius 3 is 2.50 bits per heavy atom. The van der Waals surface area contributed by atoms with Gasteiger partial charge >= 0.3 is 5.97 Å². The Kier molecular flexibility index (Phi) is 8.56. The lowest BCUT2D eigenvalue weighted by atomic mass is 10.2. The molecule has 1 aliphatic heterocycles. The first-order valence-electron chi connectivity index (χ1n) is 9.91. The molecule has 0 atom stereocenters. The molecule has 34 heavy (non-hydrogen) atoms. The van der Waals surface area contributed by atoms with Crippen molar-refractivity contribution in [2.45, 2.75) is 6.92 Å². The molecule has 178 valence electrons. The maximum absolute atomic E-state index is 12.8. The van der Waals surface area contributed by atoms with Crippen molar-refractivity contribution in [3.8, 4) is 11.5 Å². The fourth-order valence-electron chi connectivity index (χ4n) is 2.92. The zero-order chi connectivity index (χ0) is 24.8.